The summed E-state index contributed by atoms with van der Waals surface area (Å²) in [6, 6.07) is 29.0. The number of benzene rings is 3. The molecule has 0 amide bonds. The number of carbonyl (C=O) groups excluding carboxylic acids is 1. The minimum Gasteiger partial charge on any atom is -0.460 e. The lowest BCUT2D eigenvalue weighted by Crippen LogP contribution is -2.26. The van der Waals surface area contributed by atoms with Crippen LogP contribution in [0.25, 0.3) is 0 Å². The minimum atomic E-state index is -0.641. The molecule has 0 radical (unpaired) electrons. The molecule has 0 saturated carbocycles. The Morgan fingerprint density at radius 1 is 0.857 bits per heavy atom. The molecular weight excluding hydrogens is 346 g/mol. The highest BCUT2D eigenvalue weighted by Gasteiger charge is 2.21. The van der Waals surface area contributed by atoms with Crippen molar-refractivity contribution in [1.29, 1.82) is 0 Å². The number of hydrogen-bond donors (Lipinski definition) is 0. The second kappa shape index (κ2) is 10.0. The Morgan fingerprint density at radius 2 is 1.36 bits per heavy atom. The second-order valence-electron chi connectivity index (χ2n) is 6.33. The predicted octanol–water partition coefficient (Wildman–Crippen LogP) is 4.86. The van der Waals surface area contributed by atoms with Crippen molar-refractivity contribution in [1.82, 2.24) is 0 Å². The quantitative estimate of drug-likeness (QED) is 0.323. The number of carbonyl (C=O) groups is 1. The lowest BCUT2D eigenvalue weighted by molar-refractivity contribution is -0.143. The normalized spacial score (nSPS) is 11.3. The van der Waals surface area contributed by atoms with E-state index in [0.717, 1.165) is 22.4 Å². The summed E-state index contributed by atoms with van der Waals surface area (Å²) >= 11 is 0. The Kier molecular flexibility index (Phi) is 6.91. The first-order chi connectivity index (χ1) is 13.8. The summed E-state index contributed by atoms with van der Waals surface area (Å²) < 4.78 is 5.33. The molecule has 3 aromatic carbocycles. The number of nitrogens with zero attached hydrogens (tertiary/aromatic N) is 1. The van der Waals surface area contributed by atoms with Crippen molar-refractivity contribution >= 4 is 11.7 Å². The average Bonchev–Trinajstić information content (AvgIpc) is 2.77. The van der Waals surface area contributed by atoms with Crippen molar-refractivity contribution in [3.05, 3.63) is 120 Å². The first-order valence-electron chi connectivity index (χ1n) is 9.28. The van der Waals surface area contributed by atoms with Gasteiger partial charge >= 0.3 is 5.97 Å². The highest BCUT2D eigenvalue weighted by molar-refractivity contribution is 6.13. The summed E-state index contributed by atoms with van der Waals surface area (Å²) in [4.78, 5) is 17.6. The smallest absolute Gasteiger partial charge is 0.331 e. The maximum atomic E-state index is 12.7. The van der Waals surface area contributed by atoms with Crippen LogP contribution in [-0.4, -0.2) is 24.3 Å². The topological polar surface area (TPSA) is 38.7 Å². The zero-order chi connectivity index (χ0) is 19.6. The molecule has 28 heavy (non-hydrogen) atoms. The molecule has 3 heteroatoms. The van der Waals surface area contributed by atoms with Crippen LogP contribution >= 0.6 is 0 Å². The molecule has 3 aromatic rings. The highest BCUT2D eigenvalue weighted by atomic mass is 16.5. The maximum absolute atomic E-state index is 12.7. The molecule has 1 atom stereocenters. The van der Waals surface area contributed by atoms with Gasteiger partial charge in [-0.2, -0.15) is 0 Å². The van der Waals surface area contributed by atoms with Crippen LogP contribution in [0.5, 0.6) is 0 Å². The van der Waals surface area contributed by atoms with E-state index in [9.17, 15) is 4.79 Å². The molecule has 3 rings (SSSR count). The van der Waals surface area contributed by atoms with Crippen LogP contribution in [0.2, 0.25) is 0 Å². The summed E-state index contributed by atoms with van der Waals surface area (Å²) in [5, 5.41) is 0. The van der Waals surface area contributed by atoms with Crippen LogP contribution < -0.4 is 0 Å². The first kappa shape index (κ1) is 19.3. The second-order valence-corrected chi connectivity index (χ2v) is 6.33. The molecule has 0 bridgehead atoms. The van der Waals surface area contributed by atoms with Crippen LogP contribution in [0.3, 0.4) is 0 Å². The lowest BCUT2D eigenvalue weighted by atomic mass is 10.0. The molecule has 0 aliphatic rings. The standard InChI is InChI=1S/C25H23NO2/c1-2-18-28-25(27)23(19-20-12-6-3-7-13-20)26-24(21-14-8-4-9-15-21)22-16-10-5-11-17-22/h2-17,23H,1,18-19H2. The van der Waals surface area contributed by atoms with E-state index in [2.05, 4.69) is 6.58 Å². The van der Waals surface area contributed by atoms with Gasteiger partial charge in [0.25, 0.3) is 0 Å². The number of ether oxygens (including phenoxy) is 1. The largest absolute Gasteiger partial charge is 0.460 e. The van der Waals surface area contributed by atoms with E-state index in [-0.39, 0.29) is 12.6 Å². The van der Waals surface area contributed by atoms with E-state index >= 15 is 0 Å². The molecule has 0 heterocycles. The third-order valence-corrected chi connectivity index (χ3v) is 4.27. The summed E-state index contributed by atoms with van der Waals surface area (Å²) in [6.07, 6.45) is 2.04. The van der Waals surface area contributed by atoms with Crippen molar-refractivity contribution < 1.29 is 9.53 Å². The van der Waals surface area contributed by atoms with Crippen LogP contribution in [0.1, 0.15) is 16.7 Å². The Bertz CT molecular complexity index is 877. The zero-order valence-corrected chi connectivity index (χ0v) is 15.7. The van der Waals surface area contributed by atoms with Gasteiger partial charge in [-0.3, -0.25) is 4.99 Å². The lowest BCUT2D eigenvalue weighted by Gasteiger charge is -2.15. The van der Waals surface area contributed by atoms with Gasteiger partial charge < -0.3 is 4.74 Å². The molecule has 3 nitrogen and oxygen atoms in total. The van der Waals surface area contributed by atoms with Crippen LogP contribution in [0.15, 0.2) is 109 Å². The van der Waals surface area contributed by atoms with E-state index < -0.39 is 6.04 Å². The molecule has 0 aliphatic carbocycles. The third kappa shape index (κ3) is 5.27. The van der Waals surface area contributed by atoms with Crippen molar-refractivity contribution in [2.24, 2.45) is 4.99 Å². The van der Waals surface area contributed by atoms with Crippen molar-refractivity contribution in [3.8, 4) is 0 Å². The molecule has 0 fully saturated rings. The first-order valence-corrected chi connectivity index (χ1v) is 9.28. The summed E-state index contributed by atoms with van der Waals surface area (Å²) in [5.74, 6) is -0.354. The van der Waals surface area contributed by atoms with Gasteiger partial charge in [-0.25, -0.2) is 4.79 Å². The van der Waals surface area contributed by atoms with Gasteiger partial charge in [-0.05, 0) is 5.56 Å². The van der Waals surface area contributed by atoms with Gasteiger partial charge in [0.05, 0.1) is 5.71 Å². The van der Waals surface area contributed by atoms with Crippen molar-refractivity contribution in [3.63, 3.8) is 0 Å². The minimum absolute atomic E-state index is 0.172. The summed E-state index contributed by atoms with van der Waals surface area (Å²) in [5.41, 5.74) is 3.73. The molecule has 0 N–H and O–H groups in total. The molecule has 0 aromatic heterocycles. The Balaban J connectivity index is 2.02. The molecule has 0 aliphatic heterocycles. The predicted molar refractivity (Wildman–Crippen MR) is 114 cm³/mol. The molecule has 0 saturated heterocycles. The van der Waals surface area contributed by atoms with Gasteiger partial charge in [-0.15, -0.1) is 0 Å². The maximum Gasteiger partial charge on any atom is 0.331 e. The fourth-order valence-electron chi connectivity index (χ4n) is 2.92. The number of esters is 1. The van der Waals surface area contributed by atoms with Gasteiger partial charge in [0.1, 0.15) is 6.61 Å². The van der Waals surface area contributed by atoms with Gasteiger partial charge in [-0.1, -0.05) is 104 Å². The summed E-state index contributed by atoms with van der Waals surface area (Å²) in [6.45, 7) is 3.79. The number of hydrogen-bond acceptors (Lipinski definition) is 3. The van der Waals surface area contributed by atoms with Crippen molar-refractivity contribution in [2.45, 2.75) is 12.5 Å². The fourth-order valence-corrected chi connectivity index (χ4v) is 2.92. The van der Waals surface area contributed by atoms with E-state index in [1.807, 2.05) is 91.0 Å². The summed E-state index contributed by atoms with van der Waals surface area (Å²) in [7, 11) is 0. The Labute approximate surface area is 166 Å². The van der Waals surface area contributed by atoms with Crippen LogP contribution in [0.4, 0.5) is 0 Å². The van der Waals surface area contributed by atoms with Gasteiger partial charge in [0.15, 0.2) is 6.04 Å². The van der Waals surface area contributed by atoms with E-state index in [0.29, 0.717) is 6.42 Å². The van der Waals surface area contributed by atoms with E-state index in [1.54, 1.807) is 6.08 Å². The molecule has 1 unspecified atom stereocenters. The third-order valence-electron chi connectivity index (χ3n) is 4.27. The van der Waals surface area contributed by atoms with E-state index in [4.69, 9.17) is 9.73 Å². The average molecular weight is 369 g/mol. The van der Waals surface area contributed by atoms with Crippen molar-refractivity contribution in [2.75, 3.05) is 6.61 Å². The molecule has 0 spiro atoms. The van der Waals surface area contributed by atoms with E-state index in [1.165, 1.54) is 0 Å². The van der Waals surface area contributed by atoms with Crippen LogP contribution in [-0.2, 0) is 16.0 Å². The Morgan fingerprint density at radius 3 is 1.86 bits per heavy atom. The fraction of sp³-hybridized carbons (Fsp3) is 0.120. The molecular formula is C25H23NO2. The zero-order valence-electron chi connectivity index (χ0n) is 15.7. The SMILES string of the molecule is C=CCOC(=O)C(Cc1ccccc1)N=C(c1ccccc1)c1ccccc1. The highest BCUT2D eigenvalue weighted by Crippen LogP contribution is 2.15. The number of aliphatic imine (C=N–C) groups is 1. The monoisotopic (exact) mass is 369 g/mol. The Hall–Kier alpha value is -3.46. The molecule has 140 valence electrons. The number of rotatable bonds is 8. The van der Waals surface area contributed by atoms with Crippen LogP contribution in [0, 0.1) is 0 Å². The van der Waals surface area contributed by atoms with Gasteiger partial charge in [0, 0.05) is 17.5 Å². The van der Waals surface area contributed by atoms with Gasteiger partial charge in [0.2, 0.25) is 0 Å².